The molecule has 2 aromatic rings. The molecule has 1 heterocycles. The van der Waals surface area contributed by atoms with Gasteiger partial charge in [0.25, 0.3) is 5.56 Å². The van der Waals surface area contributed by atoms with E-state index in [1.807, 2.05) is 0 Å². The number of nitrogens with two attached hydrogens (primary N) is 1. The molecule has 0 radical (unpaired) electrons. The molecule has 0 aliphatic rings. The van der Waals surface area contributed by atoms with Crippen molar-refractivity contribution in [1.29, 1.82) is 0 Å². The highest BCUT2D eigenvalue weighted by atomic mass is 16.5. The van der Waals surface area contributed by atoms with Crippen molar-refractivity contribution in [3.63, 3.8) is 0 Å². The quantitative estimate of drug-likeness (QED) is 0.629. The van der Waals surface area contributed by atoms with E-state index in [0.717, 1.165) is 4.57 Å². The lowest BCUT2D eigenvalue weighted by atomic mass is 10.0. The van der Waals surface area contributed by atoms with Gasteiger partial charge in [-0.1, -0.05) is 0 Å². The monoisotopic (exact) mass is 289 g/mol. The second kappa shape index (κ2) is 5.28. The van der Waals surface area contributed by atoms with Gasteiger partial charge in [-0.15, -0.1) is 0 Å². The Kier molecular flexibility index (Phi) is 3.66. The van der Waals surface area contributed by atoms with Crippen molar-refractivity contribution >= 4 is 11.5 Å². The molecule has 0 fully saturated rings. The Labute approximate surface area is 120 Å². The highest BCUT2D eigenvalue weighted by Crippen LogP contribution is 2.21. The van der Waals surface area contributed by atoms with E-state index < -0.39 is 17.0 Å². The molecule has 7 heteroatoms. The van der Waals surface area contributed by atoms with E-state index in [0.29, 0.717) is 5.75 Å². The summed E-state index contributed by atoms with van der Waals surface area (Å²) in [6, 6.07) is 4.60. The number of benzene rings is 1. The number of anilines is 1. The second-order valence-corrected chi connectivity index (χ2v) is 4.58. The van der Waals surface area contributed by atoms with E-state index in [4.69, 9.17) is 10.5 Å². The first kappa shape index (κ1) is 14.6. The topological polar surface area (TPSA) is 96.3 Å². The van der Waals surface area contributed by atoms with Crippen molar-refractivity contribution in [1.82, 2.24) is 9.13 Å². The van der Waals surface area contributed by atoms with Crippen LogP contribution in [0.25, 0.3) is 0 Å². The molecule has 7 nitrogen and oxygen atoms in total. The maximum Gasteiger partial charge on any atom is 0.330 e. The van der Waals surface area contributed by atoms with E-state index in [9.17, 15) is 14.4 Å². The molecule has 21 heavy (non-hydrogen) atoms. The molecule has 2 N–H and O–H groups in total. The Morgan fingerprint density at radius 2 is 1.86 bits per heavy atom. The summed E-state index contributed by atoms with van der Waals surface area (Å²) in [7, 11) is 4.24. The first-order chi connectivity index (χ1) is 9.86. The lowest BCUT2D eigenvalue weighted by Crippen LogP contribution is -2.39. The third-order valence-electron chi connectivity index (χ3n) is 3.20. The normalized spacial score (nSPS) is 10.4. The first-order valence-corrected chi connectivity index (χ1v) is 6.11. The molecule has 0 spiro atoms. The Morgan fingerprint density at radius 3 is 2.48 bits per heavy atom. The summed E-state index contributed by atoms with van der Waals surface area (Å²) in [6.07, 6.45) is 1.21. The zero-order valence-electron chi connectivity index (χ0n) is 11.9. The van der Waals surface area contributed by atoms with Crippen LogP contribution in [0.3, 0.4) is 0 Å². The maximum atomic E-state index is 12.5. The van der Waals surface area contributed by atoms with Gasteiger partial charge in [0.05, 0.1) is 7.11 Å². The maximum absolute atomic E-state index is 12.5. The molecule has 0 saturated carbocycles. The van der Waals surface area contributed by atoms with Crippen molar-refractivity contribution < 1.29 is 9.53 Å². The zero-order valence-corrected chi connectivity index (χ0v) is 11.9. The van der Waals surface area contributed by atoms with E-state index in [1.165, 1.54) is 44.1 Å². The molecular weight excluding hydrogens is 274 g/mol. The van der Waals surface area contributed by atoms with E-state index in [-0.39, 0.29) is 16.8 Å². The number of aryl methyl sites for hydroxylation is 1. The van der Waals surface area contributed by atoms with Crippen molar-refractivity contribution in [3.8, 4) is 5.75 Å². The number of nitrogens with zero attached hydrogens (tertiary/aromatic N) is 2. The minimum atomic E-state index is -0.662. The molecule has 0 bridgehead atoms. The van der Waals surface area contributed by atoms with Crippen LogP contribution in [-0.2, 0) is 14.1 Å². The van der Waals surface area contributed by atoms with Gasteiger partial charge in [-0.3, -0.25) is 14.2 Å². The predicted octanol–water partition coefficient (Wildman–Crippen LogP) is -0.0942. The van der Waals surface area contributed by atoms with Crippen LogP contribution in [0.5, 0.6) is 5.75 Å². The molecule has 0 atom stereocenters. The summed E-state index contributed by atoms with van der Waals surface area (Å²) in [4.78, 5) is 36.2. The van der Waals surface area contributed by atoms with Gasteiger partial charge in [0.1, 0.15) is 11.3 Å². The molecule has 2 rings (SSSR count). The zero-order chi connectivity index (χ0) is 15.7. The Balaban J connectivity index is 2.66. The number of ether oxygens (including phenoxy) is 1. The summed E-state index contributed by atoms with van der Waals surface area (Å²) in [6.45, 7) is 0. The Bertz CT molecular complexity index is 833. The highest BCUT2D eigenvalue weighted by molar-refractivity contribution is 6.11. The summed E-state index contributed by atoms with van der Waals surface area (Å²) < 4.78 is 7.10. The number of hydrogen-bond donors (Lipinski definition) is 1. The molecule has 0 aliphatic heterocycles. The van der Waals surface area contributed by atoms with Crippen LogP contribution in [0.15, 0.2) is 34.0 Å². The number of hydrogen-bond acceptors (Lipinski definition) is 5. The summed E-state index contributed by atoms with van der Waals surface area (Å²) in [5.41, 5.74) is 4.88. The van der Waals surface area contributed by atoms with Gasteiger partial charge in [0, 0.05) is 31.5 Å². The number of ketones is 1. The fourth-order valence-electron chi connectivity index (χ4n) is 1.97. The predicted molar refractivity (Wildman–Crippen MR) is 77.8 cm³/mol. The van der Waals surface area contributed by atoms with Gasteiger partial charge < -0.3 is 15.0 Å². The van der Waals surface area contributed by atoms with Crippen molar-refractivity contribution in [2.24, 2.45) is 14.1 Å². The lowest BCUT2D eigenvalue weighted by Gasteiger charge is -2.09. The third-order valence-corrected chi connectivity index (χ3v) is 3.20. The second-order valence-electron chi connectivity index (χ2n) is 4.58. The van der Waals surface area contributed by atoms with Crippen molar-refractivity contribution in [3.05, 3.63) is 56.4 Å². The first-order valence-electron chi connectivity index (χ1n) is 6.11. The van der Waals surface area contributed by atoms with Gasteiger partial charge >= 0.3 is 5.69 Å². The van der Waals surface area contributed by atoms with E-state index in [2.05, 4.69) is 0 Å². The smallest absolute Gasteiger partial charge is 0.330 e. The van der Waals surface area contributed by atoms with Crippen LogP contribution >= 0.6 is 0 Å². The van der Waals surface area contributed by atoms with Crippen LogP contribution in [-0.4, -0.2) is 22.0 Å². The van der Waals surface area contributed by atoms with Gasteiger partial charge in [-0.2, -0.15) is 0 Å². The van der Waals surface area contributed by atoms with Gasteiger partial charge in [-0.05, 0) is 18.2 Å². The number of nitrogen functional groups attached to an aromatic ring is 1. The number of carbonyl (C=O) groups excluding carboxylic acids is 1. The largest absolute Gasteiger partial charge is 0.497 e. The Hall–Kier alpha value is -2.83. The molecule has 0 saturated heterocycles. The molecule has 0 aliphatic carbocycles. The fourth-order valence-corrected chi connectivity index (χ4v) is 1.97. The van der Waals surface area contributed by atoms with Crippen molar-refractivity contribution in [2.45, 2.75) is 0 Å². The summed E-state index contributed by atoms with van der Waals surface area (Å²) in [5, 5.41) is 0. The highest BCUT2D eigenvalue weighted by Gasteiger charge is 2.19. The molecule has 110 valence electrons. The van der Waals surface area contributed by atoms with Crippen LogP contribution < -0.4 is 21.7 Å². The van der Waals surface area contributed by atoms with E-state index in [1.54, 1.807) is 6.07 Å². The molecule has 1 aromatic heterocycles. The van der Waals surface area contributed by atoms with Crippen LogP contribution in [0.2, 0.25) is 0 Å². The molecule has 0 amide bonds. The molecule has 1 aromatic carbocycles. The fraction of sp³-hybridized carbons (Fsp3) is 0.214. The number of carbonyl (C=O) groups is 1. The average molecular weight is 289 g/mol. The van der Waals surface area contributed by atoms with Crippen LogP contribution in [0, 0.1) is 0 Å². The lowest BCUT2D eigenvalue weighted by molar-refractivity contribution is 0.103. The number of methoxy groups -OCH3 is 1. The third kappa shape index (κ3) is 2.45. The summed E-state index contributed by atoms with van der Waals surface area (Å²) in [5.74, 6) is -0.100. The Morgan fingerprint density at radius 1 is 1.19 bits per heavy atom. The van der Waals surface area contributed by atoms with Crippen molar-refractivity contribution in [2.75, 3.05) is 12.8 Å². The number of aromatic nitrogens is 2. The van der Waals surface area contributed by atoms with E-state index >= 15 is 0 Å². The van der Waals surface area contributed by atoms with Gasteiger partial charge in [-0.25, -0.2) is 4.79 Å². The van der Waals surface area contributed by atoms with Crippen LogP contribution in [0.4, 0.5) is 5.69 Å². The standard InChI is InChI=1S/C14H15N3O4/c1-16-7-10(13(19)17(2)14(16)20)12(18)9-6-8(21-3)4-5-11(9)15/h4-7H,15H2,1-3H3. The summed E-state index contributed by atoms with van der Waals surface area (Å²) >= 11 is 0. The molecular formula is C14H15N3O4. The van der Waals surface area contributed by atoms with Crippen LogP contribution in [0.1, 0.15) is 15.9 Å². The molecule has 0 unspecified atom stereocenters. The minimum absolute atomic E-state index is 0.125. The minimum Gasteiger partial charge on any atom is -0.497 e. The number of rotatable bonds is 3. The SMILES string of the molecule is COc1ccc(N)c(C(=O)c2cn(C)c(=O)n(C)c2=O)c1. The average Bonchev–Trinajstić information content (AvgIpc) is 2.48. The van der Waals surface area contributed by atoms with Gasteiger partial charge in [0.15, 0.2) is 0 Å². The van der Waals surface area contributed by atoms with Gasteiger partial charge in [0.2, 0.25) is 5.78 Å².